The smallest absolute Gasteiger partial charge is 0.229 e. The van der Waals surface area contributed by atoms with E-state index in [1.54, 1.807) is 24.3 Å². The third-order valence-corrected chi connectivity index (χ3v) is 4.14. The number of carbonyl (C=O) groups excluding carboxylic acids is 1. The number of hydrogen-bond acceptors (Lipinski definition) is 4. The predicted octanol–water partition coefficient (Wildman–Crippen LogP) is 3.50. The lowest BCUT2D eigenvalue weighted by atomic mass is 10.2. The number of benzene rings is 1. The molecule has 96 valence electrons. The molecule has 0 fully saturated rings. The summed E-state index contributed by atoms with van der Waals surface area (Å²) in [6.45, 7) is 0. The molecule has 7 heteroatoms. The first-order valence-corrected chi connectivity index (χ1v) is 6.73. The van der Waals surface area contributed by atoms with Crippen LogP contribution in [-0.4, -0.2) is 10.3 Å². The summed E-state index contributed by atoms with van der Waals surface area (Å²) in [5.74, 6) is -0.273. The van der Waals surface area contributed by atoms with Crippen LogP contribution in [-0.2, 0) is 11.2 Å². The molecule has 0 aliphatic heterocycles. The fourth-order valence-electron chi connectivity index (χ4n) is 1.43. The van der Waals surface area contributed by atoms with Crippen molar-refractivity contribution in [1.82, 2.24) is 4.37 Å². The van der Waals surface area contributed by atoms with Crippen molar-refractivity contribution < 1.29 is 4.79 Å². The maximum atomic E-state index is 11.9. The van der Waals surface area contributed by atoms with Crippen LogP contribution >= 0.6 is 34.7 Å². The van der Waals surface area contributed by atoms with E-state index in [-0.39, 0.29) is 17.5 Å². The molecular weight excluding hydrogens is 305 g/mol. The lowest BCUT2D eigenvalue weighted by Crippen LogP contribution is -2.14. The molecule has 0 saturated heterocycles. The molecule has 0 unspecified atom stereocenters. The van der Waals surface area contributed by atoms with E-state index in [1.165, 1.54) is 0 Å². The third kappa shape index (κ3) is 3.24. The van der Waals surface area contributed by atoms with E-state index in [0.29, 0.717) is 21.2 Å². The maximum Gasteiger partial charge on any atom is 0.229 e. The Bertz CT molecular complexity index is 663. The quantitative estimate of drug-likeness (QED) is 0.943. The van der Waals surface area contributed by atoms with Crippen molar-refractivity contribution in [2.24, 2.45) is 0 Å². The molecule has 2 rings (SSSR count). The molecule has 0 radical (unpaired) electrons. The minimum atomic E-state index is -0.273. The van der Waals surface area contributed by atoms with Gasteiger partial charge in [-0.15, -0.1) is 0 Å². The lowest BCUT2D eigenvalue weighted by Gasteiger charge is -2.05. The van der Waals surface area contributed by atoms with E-state index in [4.69, 9.17) is 28.5 Å². The normalized spacial score (nSPS) is 9.95. The van der Waals surface area contributed by atoms with Gasteiger partial charge in [0.05, 0.1) is 27.6 Å². The van der Waals surface area contributed by atoms with Crippen molar-refractivity contribution >= 4 is 46.3 Å². The molecule has 1 aromatic carbocycles. The van der Waals surface area contributed by atoms with E-state index in [9.17, 15) is 4.79 Å². The fourth-order valence-corrected chi connectivity index (χ4v) is 2.62. The van der Waals surface area contributed by atoms with Crippen LogP contribution in [0.5, 0.6) is 0 Å². The van der Waals surface area contributed by atoms with E-state index in [0.717, 1.165) is 11.5 Å². The van der Waals surface area contributed by atoms with Gasteiger partial charge >= 0.3 is 0 Å². The number of amides is 1. The Kier molecular flexibility index (Phi) is 4.38. The van der Waals surface area contributed by atoms with Gasteiger partial charge in [0.25, 0.3) is 0 Å². The summed E-state index contributed by atoms with van der Waals surface area (Å²) < 4.78 is 3.85. The van der Waals surface area contributed by atoms with E-state index >= 15 is 0 Å². The molecule has 0 atom stereocenters. The average molecular weight is 312 g/mol. The van der Waals surface area contributed by atoms with Gasteiger partial charge in [-0.05, 0) is 23.7 Å². The first kappa shape index (κ1) is 13.8. The summed E-state index contributed by atoms with van der Waals surface area (Å²) in [5.41, 5.74) is 0.881. The Hall–Kier alpha value is -1.61. The number of aromatic nitrogens is 1. The van der Waals surface area contributed by atoms with Crippen LogP contribution in [0.1, 0.15) is 10.4 Å². The van der Waals surface area contributed by atoms with E-state index in [2.05, 4.69) is 9.69 Å². The Morgan fingerprint density at radius 2 is 2.16 bits per heavy atom. The number of anilines is 1. The van der Waals surface area contributed by atoms with Gasteiger partial charge in [0.1, 0.15) is 6.07 Å². The second-order valence-corrected chi connectivity index (χ2v) is 5.19. The zero-order chi connectivity index (χ0) is 13.8. The van der Waals surface area contributed by atoms with E-state index < -0.39 is 0 Å². The SMILES string of the molecule is N#Cc1ccccc1NC(=O)Cc1snc(Cl)c1Cl. The number of nitrogens with one attached hydrogen (secondary N) is 1. The van der Waals surface area contributed by atoms with Gasteiger partial charge in [-0.25, -0.2) is 0 Å². The molecule has 4 nitrogen and oxygen atoms in total. The second kappa shape index (κ2) is 6.02. The van der Waals surface area contributed by atoms with Gasteiger partial charge in [0.2, 0.25) is 5.91 Å². The summed E-state index contributed by atoms with van der Waals surface area (Å²) in [6, 6.07) is 8.78. The first-order valence-electron chi connectivity index (χ1n) is 5.20. The van der Waals surface area contributed by atoms with Gasteiger partial charge in [-0.1, -0.05) is 35.3 Å². The molecule has 1 N–H and O–H groups in total. The highest BCUT2D eigenvalue weighted by Gasteiger charge is 2.14. The number of rotatable bonds is 3. The Morgan fingerprint density at radius 3 is 2.79 bits per heavy atom. The number of halogens is 2. The summed E-state index contributed by atoms with van der Waals surface area (Å²) in [7, 11) is 0. The van der Waals surface area contributed by atoms with Crippen LogP contribution in [0.4, 0.5) is 5.69 Å². The van der Waals surface area contributed by atoms with Gasteiger partial charge in [-0.3, -0.25) is 4.79 Å². The molecule has 0 saturated carbocycles. The van der Waals surface area contributed by atoms with Crippen molar-refractivity contribution in [1.29, 1.82) is 5.26 Å². The van der Waals surface area contributed by atoms with Crippen molar-refractivity contribution in [2.45, 2.75) is 6.42 Å². The van der Waals surface area contributed by atoms with Crippen molar-refractivity contribution in [3.63, 3.8) is 0 Å². The van der Waals surface area contributed by atoms with Crippen LogP contribution in [0.15, 0.2) is 24.3 Å². The molecule has 0 spiro atoms. The van der Waals surface area contributed by atoms with E-state index in [1.807, 2.05) is 6.07 Å². The third-order valence-electron chi connectivity index (χ3n) is 2.30. The molecular formula is C12H7Cl2N3OS. The predicted molar refractivity (Wildman–Crippen MR) is 75.6 cm³/mol. The van der Waals surface area contributed by atoms with Crippen LogP contribution < -0.4 is 5.32 Å². The minimum Gasteiger partial charge on any atom is -0.325 e. The molecule has 1 aromatic heterocycles. The number of nitriles is 1. The zero-order valence-electron chi connectivity index (χ0n) is 9.48. The lowest BCUT2D eigenvalue weighted by molar-refractivity contribution is -0.115. The Morgan fingerprint density at radius 1 is 1.42 bits per heavy atom. The van der Waals surface area contributed by atoms with Crippen LogP contribution in [0.25, 0.3) is 0 Å². The molecule has 0 aliphatic carbocycles. The van der Waals surface area contributed by atoms with Crippen LogP contribution in [0, 0.1) is 11.3 Å². The number of hydrogen-bond donors (Lipinski definition) is 1. The molecule has 2 aromatic rings. The van der Waals surface area contributed by atoms with Gasteiger partial charge < -0.3 is 5.32 Å². The molecule has 1 amide bonds. The fraction of sp³-hybridized carbons (Fsp3) is 0.0833. The minimum absolute atomic E-state index is 0.0724. The van der Waals surface area contributed by atoms with Gasteiger partial charge in [0, 0.05) is 0 Å². The van der Waals surface area contributed by atoms with Crippen molar-refractivity contribution in [3.05, 3.63) is 44.9 Å². The van der Waals surface area contributed by atoms with Crippen molar-refractivity contribution in [2.75, 3.05) is 5.32 Å². The number of carbonyl (C=O) groups is 1. The second-order valence-electron chi connectivity index (χ2n) is 3.59. The zero-order valence-corrected chi connectivity index (χ0v) is 11.8. The Balaban J connectivity index is 2.10. The highest BCUT2D eigenvalue weighted by atomic mass is 35.5. The molecule has 19 heavy (non-hydrogen) atoms. The summed E-state index contributed by atoms with van der Waals surface area (Å²) in [4.78, 5) is 12.5. The highest BCUT2D eigenvalue weighted by molar-refractivity contribution is 7.07. The summed E-state index contributed by atoms with van der Waals surface area (Å²) in [5, 5.41) is 12.1. The maximum absolute atomic E-state index is 11.9. The van der Waals surface area contributed by atoms with Gasteiger partial charge in [-0.2, -0.15) is 9.64 Å². The Labute approximate surface area is 123 Å². The highest BCUT2D eigenvalue weighted by Crippen LogP contribution is 2.29. The van der Waals surface area contributed by atoms with Crippen LogP contribution in [0.2, 0.25) is 10.2 Å². The number of para-hydroxylation sites is 1. The summed E-state index contributed by atoms with van der Waals surface area (Å²) >= 11 is 12.7. The molecule has 0 aliphatic rings. The average Bonchev–Trinajstić information content (AvgIpc) is 2.71. The standard InChI is InChI=1S/C12H7Cl2N3OS/c13-11-9(19-17-12(11)14)5-10(18)16-8-4-2-1-3-7(8)6-15/h1-4H,5H2,(H,16,18). The largest absolute Gasteiger partial charge is 0.325 e. The topological polar surface area (TPSA) is 65.8 Å². The van der Waals surface area contributed by atoms with Crippen molar-refractivity contribution in [3.8, 4) is 6.07 Å². The number of nitrogens with zero attached hydrogens (tertiary/aromatic N) is 2. The van der Waals surface area contributed by atoms with Gasteiger partial charge in [0.15, 0.2) is 5.15 Å². The first-order chi connectivity index (χ1) is 9.11. The molecule has 0 bridgehead atoms. The monoisotopic (exact) mass is 311 g/mol. The molecule has 1 heterocycles. The summed E-state index contributed by atoms with van der Waals surface area (Å²) in [6.07, 6.45) is 0.0724. The van der Waals surface area contributed by atoms with Crippen LogP contribution in [0.3, 0.4) is 0 Å².